The predicted molar refractivity (Wildman–Crippen MR) is 62.9 cm³/mol. The van der Waals surface area contributed by atoms with Gasteiger partial charge in [0.1, 0.15) is 5.82 Å². The number of hydrogen-bond acceptors (Lipinski definition) is 2. The first-order valence-corrected chi connectivity index (χ1v) is 5.48. The second kappa shape index (κ2) is 5.21. The fourth-order valence-corrected chi connectivity index (χ4v) is 1.55. The maximum atomic E-state index is 12.7. The maximum Gasteiger partial charge on any atom is 0.156 e. The molecule has 1 aromatic rings. The van der Waals surface area contributed by atoms with E-state index in [1.807, 2.05) is 20.8 Å². The first kappa shape index (κ1) is 12.8. The zero-order chi connectivity index (χ0) is 12.2. The molecule has 0 unspecified atom stereocenters. The summed E-state index contributed by atoms with van der Waals surface area (Å²) in [7, 11) is 0. The molecule has 1 N–H and O–H groups in total. The van der Waals surface area contributed by atoms with Crippen LogP contribution in [0.15, 0.2) is 24.3 Å². The fourth-order valence-electron chi connectivity index (χ4n) is 1.55. The van der Waals surface area contributed by atoms with Gasteiger partial charge in [-0.25, -0.2) is 4.39 Å². The Morgan fingerprint density at radius 1 is 1.31 bits per heavy atom. The van der Waals surface area contributed by atoms with Gasteiger partial charge >= 0.3 is 0 Å². The maximum absolute atomic E-state index is 12.7. The van der Waals surface area contributed by atoms with E-state index in [2.05, 4.69) is 5.32 Å². The van der Waals surface area contributed by atoms with Crippen molar-refractivity contribution in [3.05, 3.63) is 35.6 Å². The Morgan fingerprint density at radius 3 is 2.38 bits per heavy atom. The number of halogens is 1. The van der Waals surface area contributed by atoms with E-state index in [4.69, 9.17) is 0 Å². The van der Waals surface area contributed by atoms with Crippen LogP contribution in [0.25, 0.3) is 0 Å². The Bertz CT molecular complexity index is 357. The molecule has 2 nitrogen and oxygen atoms in total. The average Bonchev–Trinajstić information content (AvgIpc) is 2.21. The summed E-state index contributed by atoms with van der Waals surface area (Å²) in [6.07, 6.45) is 0.334. The van der Waals surface area contributed by atoms with Crippen LogP contribution >= 0.6 is 0 Å². The Hall–Kier alpha value is -1.22. The van der Waals surface area contributed by atoms with Gasteiger partial charge in [-0.2, -0.15) is 0 Å². The van der Waals surface area contributed by atoms with Gasteiger partial charge in [0, 0.05) is 6.42 Å². The Balaban J connectivity index is 2.67. The minimum atomic E-state index is -0.525. The minimum absolute atomic E-state index is 0.112. The number of likely N-dealkylation sites (N-methyl/N-ethyl adjacent to an activating group) is 1. The molecule has 0 spiro atoms. The van der Waals surface area contributed by atoms with Gasteiger partial charge < -0.3 is 5.32 Å². The molecule has 0 aliphatic heterocycles. The van der Waals surface area contributed by atoms with Crippen molar-refractivity contribution in [1.82, 2.24) is 5.32 Å². The summed E-state index contributed by atoms with van der Waals surface area (Å²) in [5, 5.41) is 3.13. The summed E-state index contributed by atoms with van der Waals surface area (Å²) in [6.45, 7) is 6.44. The third-order valence-electron chi connectivity index (χ3n) is 2.59. The van der Waals surface area contributed by atoms with Gasteiger partial charge in [0.2, 0.25) is 0 Å². The molecule has 0 aliphatic carbocycles. The smallest absolute Gasteiger partial charge is 0.156 e. The van der Waals surface area contributed by atoms with Crippen LogP contribution in [0.4, 0.5) is 4.39 Å². The predicted octanol–water partition coefficient (Wildman–Crippen LogP) is 2.33. The van der Waals surface area contributed by atoms with Crippen molar-refractivity contribution in [1.29, 1.82) is 0 Å². The van der Waals surface area contributed by atoms with Crippen molar-refractivity contribution in [2.75, 3.05) is 6.54 Å². The lowest BCUT2D eigenvalue weighted by molar-refractivity contribution is -0.123. The standard InChI is InChI=1S/C13H18FNO/c1-4-15-13(2,3)12(16)9-10-5-7-11(14)8-6-10/h5-8,15H,4,9H2,1-3H3. The van der Waals surface area contributed by atoms with E-state index in [1.54, 1.807) is 12.1 Å². The van der Waals surface area contributed by atoms with Crippen LogP contribution in [0.5, 0.6) is 0 Å². The lowest BCUT2D eigenvalue weighted by Crippen LogP contribution is -2.47. The molecule has 88 valence electrons. The van der Waals surface area contributed by atoms with E-state index < -0.39 is 5.54 Å². The molecule has 0 aliphatic rings. The zero-order valence-corrected chi connectivity index (χ0v) is 10.0. The van der Waals surface area contributed by atoms with Crippen molar-refractivity contribution in [2.24, 2.45) is 0 Å². The minimum Gasteiger partial charge on any atom is -0.306 e. The van der Waals surface area contributed by atoms with Gasteiger partial charge in [-0.05, 0) is 38.1 Å². The summed E-state index contributed by atoms with van der Waals surface area (Å²) in [5.74, 6) is -0.164. The van der Waals surface area contributed by atoms with Crippen molar-refractivity contribution in [3.8, 4) is 0 Å². The highest BCUT2D eigenvalue weighted by Gasteiger charge is 2.25. The number of carbonyl (C=O) groups excluding carboxylic acids is 1. The summed E-state index contributed by atoms with van der Waals surface area (Å²) in [4.78, 5) is 12.0. The van der Waals surface area contributed by atoms with Gasteiger partial charge in [0.05, 0.1) is 5.54 Å². The Morgan fingerprint density at radius 2 is 1.88 bits per heavy atom. The number of rotatable bonds is 5. The molecule has 1 rings (SSSR count). The molecular weight excluding hydrogens is 205 g/mol. The molecule has 0 atom stereocenters. The van der Waals surface area contributed by atoms with E-state index in [9.17, 15) is 9.18 Å². The molecule has 0 fully saturated rings. The second-order valence-electron chi connectivity index (χ2n) is 4.38. The van der Waals surface area contributed by atoms with Gasteiger partial charge in [0.15, 0.2) is 5.78 Å². The fraction of sp³-hybridized carbons (Fsp3) is 0.462. The molecule has 3 heteroatoms. The molecule has 0 aromatic heterocycles. The van der Waals surface area contributed by atoms with Gasteiger partial charge in [0.25, 0.3) is 0 Å². The second-order valence-corrected chi connectivity index (χ2v) is 4.38. The average molecular weight is 223 g/mol. The summed E-state index contributed by atoms with van der Waals surface area (Å²) < 4.78 is 12.7. The molecule has 0 saturated carbocycles. The van der Waals surface area contributed by atoms with Crippen molar-refractivity contribution in [2.45, 2.75) is 32.7 Å². The van der Waals surface area contributed by atoms with Crippen LogP contribution in [0, 0.1) is 5.82 Å². The largest absolute Gasteiger partial charge is 0.306 e. The Kier molecular flexibility index (Phi) is 4.19. The number of carbonyl (C=O) groups is 1. The number of ketones is 1. The van der Waals surface area contributed by atoms with Crippen LogP contribution in [-0.4, -0.2) is 17.9 Å². The topological polar surface area (TPSA) is 29.1 Å². The van der Waals surface area contributed by atoms with E-state index in [0.29, 0.717) is 6.42 Å². The molecule has 1 aromatic carbocycles. The number of benzene rings is 1. The van der Waals surface area contributed by atoms with Crippen LogP contribution in [-0.2, 0) is 11.2 Å². The zero-order valence-electron chi connectivity index (χ0n) is 10.0. The summed E-state index contributed by atoms with van der Waals surface area (Å²) in [5.41, 5.74) is 0.320. The van der Waals surface area contributed by atoms with Crippen LogP contribution < -0.4 is 5.32 Å². The Labute approximate surface area is 95.9 Å². The van der Waals surface area contributed by atoms with Crippen molar-refractivity contribution >= 4 is 5.78 Å². The highest BCUT2D eigenvalue weighted by Crippen LogP contribution is 2.10. The normalized spacial score (nSPS) is 11.5. The van der Waals surface area contributed by atoms with Crippen LogP contribution in [0.1, 0.15) is 26.3 Å². The number of Topliss-reactive ketones (excluding diaryl/α,β-unsaturated/α-hetero) is 1. The lowest BCUT2D eigenvalue weighted by atomic mass is 9.93. The highest BCUT2D eigenvalue weighted by atomic mass is 19.1. The van der Waals surface area contributed by atoms with Crippen LogP contribution in [0.2, 0.25) is 0 Å². The number of hydrogen-bond donors (Lipinski definition) is 1. The third kappa shape index (κ3) is 3.42. The first-order valence-electron chi connectivity index (χ1n) is 5.48. The van der Waals surface area contributed by atoms with E-state index in [0.717, 1.165) is 12.1 Å². The van der Waals surface area contributed by atoms with Gasteiger partial charge in [-0.15, -0.1) is 0 Å². The molecule has 0 bridgehead atoms. The monoisotopic (exact) mass is 223 g/mol. The van der Waals surface area contributed by atoms with E-state index >= 15 is 0 Å². The number of nitrogens with one attached hydrogen (secondary N) is 1. The lowest BCUT2D eigenvalue weighted by Gasteiger charge is -2.24. The van der Waals surface area contributed by atoms with Crippen molar-refractivity contribution in [3.63, 3.8) is 0 Å². The molecule has 0 amide bonds. The highest BCUT2D eigenvalue weighted by molar-refractivity contribution is 5.89. The quantitative estimate of drug-likeness (QED) is 0.830. The van der Waals surface area contributed by atoms with Gasteiger partial charge in [-0.3, -0.25) is 4.79 Å². The molecule has 16 heavy (non-hydrogen) atoms. The van der Waals surface area contributed by atoms with Crippen LogP contribution in [0.3, 0.4) is 0 Å². The van der Waals surface area contributed by atoms with E-state index in [-0.39, 0.29) is 11.6 Å². The molecule has 0 radical (unpaired) electrons. The summed E-state index contributed by atoms with van der Waals surface area (Å²) in [6, 6.07) is 6.05. The van der Waals surface area contributed by atoms with Crippen molar-refractivity contribution < 1.29 is 9.18 Å². The first-order chi connectivity index (χ1) is 7.45. The third-order valence-corrected chi connectivity index (χ3v) is 2.59. The molecular formula is C13H18FNO. The van der Waals surface area contributed by atoms with Gasteiger partial charge in [-0.1, -0.05) is 19.1 Å². The van der Waals surface area contributed by atoms with E-state index in [1.165, 1.54) is 12.1 Å². The molecule has 0 heterocycles. The summed E-state index contributed by atoms with van der Waals surface area (Å²) >= 11 is 0. The molecule has 0 saturated heterocycles. The SMILES string of the molecule is CCNC(C)(C)C(=O)Cc1ccc(F)cc1.